The first kappa shape index (κ1) is 20.4. The summed E-state index contributed by atoms with van der Waals surface area (Å²) < 4.78 is 16.2. The maximum absolute atomic E-state index is 13.2. The van der Waals surface area contributed by atoms with E-state index in [0.29, 0.717) is 41.0 Å². The lowest BCUT2D eigenvalue weighted by Crippen LogP contribution is -2.27. The third-order valence-corrected chi connectivity index (χ3v) is 7.11. The summed E-state index contributed by atoms with van der Waals surface area (Å²) in [5.74, 6) is 0.811. The number of nitrogens with one attached hydrogen (secondary N) is 1. The number of carbonyl (C=O) groups excluding carboxylic acids is 2. The summed E-state index contributed by atoms with van der Waals surface area (Å²) in [6.07, 6.45) is 6.68. The number of anilines is 1. The van der Waals surface area contributed by atoms with Crippen molar-refractivity contribution in [2.24, 2.45) is 0 Å². The first-order chi connectivity index (χ1) is 15.2. The van der Waals surface area contributed by atoms with Crippen LogP contribution in [0, 0.1) is 0 Å². The number of thiophene rings is 1. The van der Waals surface area contributed by atoms with Gasteiger partial charge in [-0.25, -0.2) is 4.79 Å². The van der Waals surface area contributed by atoms with E-state index in [2.05, 4.69) is 15.5 Å². The molecule has 0 radical (unpaired) electrons. The minimum Gasteiger partial charge on any atom is -0.463 e. The van der Waals surface area contributed by atoms with Crippen LogP contribution in [0.1, 0.15) is 61.2 Å². The highest BCUT2D eigenvalue weighted by atomic mass is 32.1. The van der Waals surface area contributed by atoms with E-state index in [9.17, 15) is 9.59 Å². The average Bonchev–Trinajstić information content (AvgIpc) is 3.41. The van der Waals surface area contributed by atoms with Crippen LogP contribution in [0.3, 0.4) is 0 Å². The predicted molar refractivity (Wildman–Crippen MR) is 114 cm³/mol. The molecule has 164 valence electrons. The zero-order chi connectivity index (χ0) is 21.4. The van der Waals surface area contributed by atoms with E-state index in [1.54, 1.807) is 18.3 Å². The molecule has 2 aliphatic carbocycles. The van der Waals surface area contributed by atoms with Gasteiger partial charge in [-0.15, -0.1) is 11.3 Å². The van der Waals surface area contributed by atoms with Gasteiger partial charge in [0.2, 0.25) is 0 Å². The number of hydrogen-bond acceptors (Lipinski definition) is 8. The van der Waals surface area contributed by atoms with Gasteiger partial charge in [0.15, 0.2) is 5.82 Å². The van der Waals surface area contributed by atoms with Crippen LogP contribution < -0.4 is 5.32 Å². The molecule has 1 fully saturated rings. The molecule has 0 aromatic carbocycles. The summed E-state index contributed by atoms with van der Waals surface area (Å²) in [6.45, 7) is 2.50. The Labute approximate surface area is 184 Å². The monoisotopic (exact) mass is 443 g/mol. The third kappa shape index (κ3) is 4.04. The second kappa shape index (κ2) is 8.55. The molecule has 3 heterocycles. The van der Waals surface area contributed by atoms with Gasteiger partial charge in [0.05, 0.1) is 36.5 Å². The Morgan fingerprint density at radius 3 is 2.84 bits per heavy atom. The zero-order valence-corrected chi connectivity index (χ0v) is 18.3. The molecule has 0 unspecified atom stereocenters. The van der Waals surface area contributed by atoms with E-state index in [0.717, 1.165) is 49.9 Å². The lowest BCUT2D eigenvalue weighted by Gasteiger charge is -2.19. The van der Waals surface area contributed by atoms with E-state index >= 15 is 0 Å². The minimum atomic E-state index is -0.451. The molecule has 0 saturated heterocycles. The maximum Gasteiger partial charge on any atom is 0.334 e. The fraction of sp³-hybridized carbons (Fsp3) is 0.545. The van der Waals surface area contributed by atoms with Gasteiger partial charge in [-0.3, -0.25) is 4.79 Å². The molecule has 1 saturated carbocycles. The first-order valence-electron chi connectivity index (χ1n) is 10.9. The molecule has 1 aliphatic heterocycles. The number of aromatic nitrogens is 2. The van der Waals surface area contributed by atoms with Crippen LogP contribution in [-0.4, -0.2) is 41.8 Å². The van der Waals surface area contributed by atoms with Gasteiger partial charge in [-0.1, -0.05) is 5.16 Å². The van der Waals surface area contributed by atoms with Crippen molar-refractivity contribution in [1.82, 2.24) is 10.1 Å². The number of nitrogens with zero attached hydrogens (tertiary/aromatic N) is 2. The van der Waals surface area contributed by atoms with Gasteiger partial charge in [0.25, 0.3) is 11.8 Å². The molecule has 0 spiro atoms. The van der Waals surface area contributed by atoms with Gasteiger partial charge < -0.3 is 19.3 Å². The Morgan fingerprint density at radius 2 is 2.03 bits per heavy atom. The number of carbonyl (C=O) groups is 2. The van der Waals surface area contributed by atoms with Crippen LogP contribution in [0.4, 0.5) is 5.00 Å². The Kier molecular flexibility index (Phi) is 5.62. The Morgan fingerprint density at radius 1 is 1.19 bits per heavy atom. The standard InChI is InChI=1S/C22H25N3O5S/c1-2-29-22(27)13-9-10-28-11-15(13)19(26)24-21-17(14-5-3-4-6-16(14)31-21)20-23-18(25-30-20)12-7-8-12/h12H,2-11H2,1H3,(H,24,26). The lowest BCUT2D eigenvalue weighted by atomic mass is 9.95. The third-order valence-electron chi connectivity index (χ3n) is 5.90. The molecule has 5 rings (SSSR count). The molecule has 8 nitrogen and oxygen atoms in total. The number of fused-ring (bicyclic) bond motifs is 1. The van der Waals surface area contributed by atoms with Crippen LogP contribution in [0.2, 0.25) is 0 Å². The SMILES string of the molecule is CCOC(=O)C1=C(C(=O)Nc2sc3c(c2-c2nc(C4CC4)no2)CCCC3)COCC1. The average molecular weight is 444 g/mol. The Bertz CT molecular complexity index is 1050. The van der Waals surface area contributed by atoms with Crippen LogP contribution in [0.5, 0.6) is 0 Å². The molecule has 31 heavy (non-hydrogen) atoms. The van der Waals surface area contributed by atoms with Gasteiger partial charge in [0.1, 0.15) is 5.00 Å². The van der Waals surface area contributed by atoms with Crippen LogP contribution >= 0.6 is 11.3 Å². The molecule has 2 aromatic heterocycles. The predicted octanol–water partition coefficient (Wildman–Crippen LogP) is 3.77. The van der Waals surface area contributed by atoms with Crippen molar-refractivity contribution < 1.29 is 23.6 Å². The van der Waals surface area contributed by atoms with Crippen molar-refractivity contribution in [3.8, 4) is 11.5 Å². The summed E-state index contributed by atoms with van der Waals surface area (Å²) in [5, 5.41) is 7.89. The summed E-state index contributed by atoms with van der Waals surface area (Å²) in [7, 11) is 0. The fourth-order valence-electron chi connectivity index (χ4n) is 4.14. The molecule has 1 N–H and O–H groups in total. The van der Waals surface area contributed by atoms with Gasteiger partial charge in [-0.2, -0.15) is 4.98 Å². The number of aryl methyl sites for hydroxylation is 1. The highest BCUT2D eigenvalue weighted by molar-refractivity contribution is 7.17. The van der Waals surface area contributed by atoms with Crippen LogP contribution in [0.15, 0.2) is 15.7 Å². The van der Waals surface area contributed by atoms with E-state index in [-0.39, 0.29) is 19.1 Å². The van der Waals surface area contributed by atoms with E-state index < -0.39 is 5.97 Å². The zero-order valence-electron chi connectivity index (χ0n) is 17.5. The smallest absolute Gasteiger partial charge is 0.334 e. The van der Waals surface area contributed by atoms with Crippen LogP contribution in [-0.2, 0) is 31.9 Å². The second-order valence-corrected chi connectivity index (χ2v) is 9.19. The molecular weight excluding hydrogens is 418 g/mol. The normalized spacial score (nSPS) is 18.6. The molecule has 9 heteroatoms. The summed E-state index contributed by atoms with van der Waals surface area (Å²) in [4.78, 5) is 31.4. The largest absolute Gasteiger partial charge is 0.463 e. The summed E-state index contributed by atoms with van der Waals surface area (Å²) in [6, 6.07) is 0. The van der Waals surface area contributed by atoms with Crippen molar-refractivity contribution >= 4 is 28.2 Å². The number of amides is 1. The quantitative estimate of drug-likeness (QED) is 0.678. The number of ether oxygens (including phenoxy) is 2. The van der Waals surface area contributed by atoms with E-state index in [4.69, 9.17) is 14.0 Å². The number of esters is 1. The van der Waals surface area contributed by atoms with Gasteiger partial charge in [-0.05, 0) is 51.0 Å². The van der Waals surface area contributed by atoms with Crippen molar-refractivity contribution in [3.63, 3.8) is 0 Å². The number of hydrogen-bond donors (Lipinski definition) is 1. The van der Waals surface area contributed by atoms with E-state index in [1.807, 2.05) is 0 Å². The Balaban J connectivity index is 1.49. The lowest BCUT2D eigenvalue weighted by molar-refractivity contribution is -0.139. The molecular formula is C22H25N3O5S. The summed E-state index contributed by atoms with van der Waals surface area (Å²) in [5.41, 5.74) is 2.74. The van der Waals surface area contributed by atoms with Gasteiger partial charge >= 0.3 is 5.97 Å². The number of rotatable bonds is 6. The highest BCUT2D eigenvalue weighted by Crippen LogP contribution is 2.45. The van der Waals surface area contributed by atoms with Crippen molar-refractivity contribution in [2.45, 2.75) is 57.8 Å². The van der Waals surface area contributed by atoms with Crippen molar-refractivity contribution in [3.05, 3.63) is 27.4 Å². The van der Waals surface area contributed by atoms with Crippen molar-refractivity contribution in [1.29, 1.82) is 0 Å². The first-order valence-corrected chi connectivity index (χ1v) is 11.7. The van der Waals surface area contributed by atoms with E-state index in [1.165, 1.54) is 10.4 Å². The molecule has 2 aromatic rings. The second-order valence-electron chi connectivity index (χ2n) is 8.08. The molecule has 1 amide bonds. The topological polar surface area (TPSA) is 104 Å². The van der Waals surface area contributed by atoms with Gasteiger partial charge in [0, 0.05) is 17.2 Å². The Hall–Kier alpha value is -2.52. The molecule has 0 atom stereocenters. The maximum atomic E-state index is 13.2. The van der Waals surface area contributed by atoms with Crippen molar-refractivity contribution in [2.75, 3.05) is 25.1 Å². The van der Waals surface area contributed by atoms with Crippen LogP contribution in [0.25, 0.3) is 11.5 Å². The highest BCUT2D eigenvalue weighted by Gasteiger charge is 2.32. The molecule has 3 aliphatic rings. The minimum absolute atomic E-state index is 0.0901. The fourth-order valence-corrected chi connectivity index (χ4v) is 5.41. The molecule has 0 bridgehead atoms. The summed E-state index contributed by atoms with van der Waals surface area (Å²) >= 11 is 1.56.